The molecule has 0 bridgehead atoms. The lowest BCUT2D eigenvalue weighted by atomic mass is 10.2. The second-order valence-corrected chi connectivity index (χ2v) is 9.12. The van der Waals surface area contributed by atoms with Crippen LogP contribution < -0.4 is 10.2 Å². The summed E-state index contributed by atoms with van der Waals surface area (Å²) in [4.78, 5) is 38.9. The highest BCUT2D eigenvalue weighted by atomic mass is 32.1. The van der Waals surface area contributed by atoms with Gasteiger partial charge in [-0.2, -0.15) is 0 Å². The zero-order chi connectivity index (χ0) is 22.9. The number of nitrogens with zero attached hydrogens (tertiary/aromatic N) is 2. The van der Waals surface area contributed by atoms with Crippen molar-refractivity contribution in [3.05, 3.63) is 47.1 Å². The van der Waals surface area contributed by atoms with Crippen LogP contribution in [0.1, 0.15) is 40.9 Å². The van der Waals surface area contributed by atoms with E-state index in [4.69, 9.17) is 9.47 Å². The SMILES string of the molecule is COC(=O)c1cc2cc(N(C)C(=O)c3cc(NC(=O)OC(C)(C)C)cn3C)ccc2s1. The third-order valence-corrected chi connectivity index (χ3v) is 5.54. The second-order valence-electron chi connectivity index (χ2n) is 8.04. The quantitative estimate of drug-likeness (QED) is 0.593. The minimum absolute atomic E-state index is 0.248. The maximum absolute atomic E-state index is 13.1. The monoisotopic (exact) mass is 443 g/mol. The first-order chi connectivity index (χ1) is 14.5. The normalized spacial score (nSPS) is 11.3. The Hall–Kier alpha value is -3.33. The number of aryl methyl sites for hydroxylation is 1. The van der Waals surface area contributed by atoms with Crippen molar-refractivity contribution in [1.82, 2.24) is 4.57 Å². The Bertz CT molecular complexity index is 1160. The lowest BCUT2D eigenvalue weighted by Gasteiger charge is -2.19. The van der Waals surface area contributed by atoms with Crippen LogP contribution in [0, 0.1) is 0 Å². The minimum atomic E-state index is -0.619. The van der Waals surface area contributed by atoms with Crippen LogP contribution in [0.25, 0.3) is 10.1 Å². The standard InChI is InChI=1S/C22H25N3O5S/c1-22(2,3)30-21(28)23-14-11-16(24(4)12-14)19(26)25(5)15-7-8-17-13(9-15)10-18(31-17)20(27)29-6/h7-12H,1-6H3,(H,23,28). The summed E-state index contributed by atoms with van der Waals surface area (Å²) in [6.07, 6.45) is 1.06. The Morgan fingerprint density at radius 3 is 2.48 bits per heavy atom. The summed E-state index contributed by atoms with van der Waals surface area (Å²) in [6.45, 7) is 5.33. The zero-order valence-corrected chi connectivity index (χ0v) is 19.1. The van der Waals surface area contributed by atoms with Gasteiger partial charge in [0.1, 0.15) is 16.2 Å². The summed E-state index contributed by atoms with van der Waals surface area (Å²) in [5.41, 5.74) is 0.916. The van der Waals surface area contributed by atoms with E-state index in [1.54, 1.807) is 57.8 Å². The van der Waals surface area contributed by atoms with E-state index in [0.717, 1.165) is 10.1 Å². The first-order valence-corrected chi connectivity index (χ1v) is 10.4. The van der Waals surface area contributed by atoms with Crippen LogP contribution in [-0.2, 0) is 16.5 Å². The maximum atomic E-state index is 13.1. The van der Waals surface area contributed by atoms with Crippen molar-refractivity contribution in [2.75, 3.05) is 24.4 Å². The smallest absolute Gasteiger partial charge is 0.412 e. The molecule has 2 heterocycles. The topological polar surface area (TPSA) is 89.9 Å². The number of anilines is 2. The summed E-state index contributed by atoms with van der Waals surface area (Å²) >= 11 is 1.34. The lowest BCUT2D eigenvalue weighted by Crippen LogP contribution is -2.28. The summed E-state index contributed by atoms with van der Waals surface area (Å²) in [7, 11) is 4.74. The number of rotatable bonds is 4. The maximum Gasteiger partial charge on any atom is 0.412 e. The molecule has 9 heteroatoms. The predicted molar refractivity (Wildman–Crippen MR) is 121 cm³/mol. The van der Waals surface area contributed by atoms with E-state index in [0.29, 0.717) is 21.9 Å². The molecule has 0 atom stereocenters. The zero-order valence-electron chi connectivity index (χ0n) is 18.3. The molecular weight excluding hydrogens is 418 g/mol. The van der Waals surface area contributed by atoms with Crippen LogP contribution in [0.2, 0.25) is 0 Å². The highest BCUT2D eigenvalue weighted by molar-refractivity contribution is 7.20. The number of aromatic nitrogens is 1. The summed E-state index contributed by atoms with van der Waals surface area (Å²) < 4.78 is 12.6. The van der Waals surface area contributed by atoms with Gasteiger partial charge in [0.15, 0.2) is 0 Å². The number of carbonyl (C=O) groups excluding carboxylic acids is 3. The third-order valence-electron chi connectivity index (χ3n) is 4.45. The Labute approximate surface area is 184 Å². The van der Waals surface area contributed by atoms with E-state index in [2.05, 4.69) is 5.32 Å². The molecule has 3 aromatic rings. The molecule has 0 spiro atoms. The van der Waals surface area contributed by atoms with Crippen LogP contribution in [0.5, 0.6) is 0 Å². The molecule has 0 aliphatic rings. The van der Waals surface area contributed by atoms with E-state index in [-0.39, 0.29) is 11.9 Å². The van der Waals surface area contributed by atoms with Gasteiger partial charge in [0.25, 0.3) is 5.91 Å². The number of nitrogens with one attached hydrogen (secondary N) is 1. The molecule has 164 valence electrons. The number of fused-ring (bicyclic) bond motifs is 1. The van der Waals surface area contributed by atoms with E-state index < -0.39 is 11.7 Å². The first-order valence-electron chi connectivity index (χ1n) is 9.55. The average Bonchev–Trinajstić information content (AvgIpc) is 3.27. The Balaban J connectivity index is 1.80. The van der Waals surface area contributed by atoms with Gasteiger partial charge >= 0.3 is 12.1 Å². The van der Waals surface area contributed by atoms with Gasteiger partial charge in [-0.1, -0.05) is 0 Å². The molecule has 1 N–H and O–H groups in total. The molecule has 2 aromatic heterocycles. The number of carbonyl (C=O) groups is 3. The number of ether oxygens (including phenoxy) is 2. The summed E-state index contributed by atoms with van der Waals surface area (Å²) in [5.74, 6) is -0.636. The van der Waals surface area contributed by atoms with Crippen molar-refractivity contribution in [2.45, 2.75) is 26.4 Å². The highest BCUT2D eigenvalue weighted by Gasteiger charge is 2.21. The van der Waals surface area contributed by atoms with Crippen molar-refractivity contribution >= 4 is 50.8 Å². The number of esters is 1. The Morgan fingerprint density at radius 1 is 1.13 bits per heavy atom. The lowest BCUT2D eigenvalue weighted by molar-refractivity contribution is 0.0603. The van der Waals surface area contributed by atoms with Gasteiger partial charge < -0.3 is 18.9 Å². The summed E-state index contributed by atoms with van der Waals surface area (Å²) in [6, 6.07) is 8.88. The molecular formula is C22H25N3O5S. The highest BCUT2D eigenvalue weighted by Crippen LogP contribution is 2.30. The van der Waals surface area contributed by atoms with Crippen LogP contribution in [-0.4, -0.2) is 42.3 Å². The van der Waals surface area contributed by atoms with Crippen LogP contribution in [0.15, 0.2) is 36.5 Å². The number of thiophene rings is 1. The van der Waals surface area contributed by atoms with Crippen molar-refractivity contribution in [2.24, 2.45) is 7.05 Å². The fourth-order valence-corrected chi connectivity index (χ4v) is 3.96. The van der Waals surface area contributed by atoms with Crippen molar-refractivity contribution in [1.29, 1.82) is 0 Å². The Kier molecular flexibility index (Phi) is 6.08. The largest absolute Gasteiger partial charge is 0.465 e. The average molecular weight is 444 g/mol. The van der Waals surface area contributed by atoms with E-state index >= 15 is 0 Å². The van der Waals surface area contributed by atoms with Gasteiger partial charge in [-0.3, -0.25) is 10.1 Å². The molecule has 0 radical (unpaired) electrons. The number of benzene rings is 1. The van der Waals surface area contributed by atoms with Crippen LogP contribution in [0.4, 0.5) is 16.2 Å². The molecule has 0 unspecified atom stereocenters. The van der Waals surface area contributed by atoms with Crippen molar-refractivity contribution in [3.8, 4) is 0 Å². The van der Waals surface area contributed by atoms with Crippen LogP contribution >= 0.6 is 11.3 Å². The van der Waals surface area contributed by atoms with E-state index in [9.17, 15) is 14.4 Å². The molecule has 0 fully saturated rings. The molecule has 3 rings (SSSR count). The van der Waals surface area contributed by atoms with Gasteiger partial charge in [0.05, 0.1) is 12.8 Å². The molecule has 0 saturated carbocycles. The molecule has 0 saturated heterocycles. The van der Waals surface area contributed by atoms with Gasteiger partial charge in [0.2, 0.25) is 0 Å². The minimum Gasteiger partial charge on any atom is -0.465 e. The number of hydrogen-bond donors (Lipinski definition) is 1. The first kappa shape index (κ1) is 22.4. The fourth-order valence-electron chi connectivity index (χ4n) is 3.00. The number of amides is 2. The van der Waals surface area contributed by atoms with E-state index in [1.807, 2.05) is 18.2 Å². The summed E-state index contributed by atoms with van der Waals surface area (Å²) in [5, 5.41) is 3.49. The van der Waals surface area contributed by atoms with Gasteiger partial charge in [-0.25, -0.2) is 9.59 Å². The molecule has 1 aromatic carbocycles. The number of hydrogen-bond acceptors (Lipinski definition) is 6. The second kappa shape index (κ2) is 8.43. The Morgan fingerprint density at radius 2 is 1.84 bits per heavy atom. The van der Waals surface area contributed by atoms with E-state index in [1.165, 1.54) is 23.3 Å². The van der Waals surface area contributed by atoms with Crippen LogP contribution in [0.3, 0.4) is 0 Å². The molecule has 8 nitrogen and oxygen atoms in total. The fraction of sp³-hybridized carbons (Fsp3) is 0.318. The third kappa shape index (κ3) is 5.05. The van der Waals surface area contributed by atoms with Crippen molar-refractivity contribution < 1.29 is 23.9 Å². The molecule has 0 aliphatic carbocycles. The van der Waals surface area contributed by atoms with Gasteiger partial charge in [-0.05, 0) is 56.5 Å². The van der Waals surface area contributed by atoms with Gasteiger partial charge in [-0.15, -0.1) is 11.3 Å². The number of methoxy groups -OCH3 is 1. The van der Waals surface area contributed by atoms with Crippen molar-refractivity contribution in [3.63, 3.8) is 0 Å². The molecule has 2 amide bonds. The molecule has 31 heavy (non-hydrogen) atoms. The predicted octanol–water partition coefficient (Wildman–Crippen LogP) is 4.65. The van der Waals surface area contributed by atoms with Gasteiger partial charge in [0, 0.05) is 30.7 Å². The molecule has 0 aliphatic heterocycles.